The Hall–Kier alpha value is -15.0. The molecule has 0 radical (unpaired) electrons. The minimum Gasteiger partial charge on any atom is -0.507 e. The number of rotatable bonds is 4. The van der Waals surface area contributed by atoms with Crippen molar-refractivity contribution in [2.75, 3.05) is 0 Å². The van der Waals surface area contributed by atoms with Gasteiger partial charge in [0.2, 0.25) is 23.6 Å². The molecule has 128 heavy (non-hydrogen) atoms. The second kappa shape index (κ2) is 42.1. The van der Waals surface area contributed by atoms with Gasteiger partial charge in [0.25, 0.3) is 0 Å². The predicted octanol–water partition coefficient (Wildman–Crippen LogP) is 25.2. The number of phenols is 8. The van der Waals surface area contributed by atoms with Crippen molar-refractivity contribution < 1.29 is 136 Å². The van der Waals surface area contributed by atoms with Crippen LogP contribution in [0, 0.1) is 0 Å². The Bertz CT molecular complexity index is 6910. The number of phenolic OH excluding ortho intramolecular Hbond substituents is 8. The average molecular weight is 1890 g/mol. The summed E-state index contributed by atoms with van der Waals surface area (Å²) in [4.78, 5) is 34.5. The molecular weight excluding hydrogens is 1810 g/mol. The molecule has 24 aromatic rings. The fraction of sp³-hybridized carbons (Fsp3) is 0. The Labute approximate surface area is 781 Å². The molecule has 0 atom stereocenters. The molecule has 0 unspecified atom stereocenters. The van der Waals surface area contributed by atoms with Crippen LogP contribution in [0.15, 0.2) is 406 Å². The van der Waals surface area contributed by atoms with E-state index in [9.17, 15) is 40.9 Å². The second-order valence-corrected chi connectivity index (χ2v) is 28.1. The Balaban J connectivity index is 0.000000124. The zero-order valence-corrected chi connectivity index (χ0v) is 80.4. The van der Waals surface area contributed by atoms with E-state index in [1.807, 2.05) is 267 Å². The zero-order chi connectivity index (χ0) is 84.8. The van der Waals surface area contributed by atoms with Gasteiger partial charge in [0.15, 0.2) is 22.3 Å². The van der Waals surface area contributed by atoms with Crippen LogP contribution < -0.4 is 0 Å². The van der Waals surface area contributed by atoms with Gasteiger partial charge in [-0.2, -0.15) is 0 Å². The van der Waals surface area contributed by atoms with Crippen molar-refractivity contribution in [1.29, 1.82) is 0 Å². The van der Waals surface area contributed by atoms with Crippen LogP contribution in [-0.4, -0.2) is 80.7 Å². The van der Waals surface area contributed by atoms with Gasteiger partial charge in [-0.1, -0.05) is 218 Å². The first-order valence-electron chi connectivity index (χ1n) is 39.2. The average Bonchev–Trinajstić information content (AvgIpc) is 0.983. The van der Waals surface area contributed by atoms with Gasteiger partial charge in [-0.3, -0.25) is 19.9 Å². The summed E-state index contributed by atoms with van der Waals surface area (Å²) in [6.45, 7) is 0. The Kier molecular flexibility index (Phi) is 29.8. The predicted molar refractivity (Wildman–Crippen MR) is 488 cm³/mol. The third-order valence-electron chi connectivity index (χ3n) is 20.1. The minimum absolute atomic E-state index is 0. The summed E-state index contributed by atoms with van der Waals surface area (Å²) in [5, 5.41) is 89.6. The fourth-order valence-electron chi connectivity index (χ4n) is 14.1. The van der Waals surface area contributed by atoms with Crippen LogP contribution in [0.4, 0.5) is 0 Å². The van der Waals surface area contributed by atoms with Gasteiger partial charge in [0.1, 0.15) is 68.1 Å². The van der Waals surface area contributed by atoms with E-state index in [0.29, 0.717) is 45.8 Å². The van der Waals surface area contributed by atoms with E-state index in [2.05, 4.69) is 39.9 Å². The maximum Gasteiger partial charge on any atom is 0.231 e. The molecule has 608 valence electrons. The largest absolute Gasteiger partial charge is 0.507 e. The number of pyridine rings is 4. The fourth-order valence-corrected chi connectivity index (χ4v) is 14.1. The molecule has 0 bridgehead atoms. The zero-order valence-electron chi connectivity index (χ0n) is 68.6. The van der Waals surface area contributed by atoms with Gasteiger partial charge >= 0.3 is 0 Å². The van der Waals surface area contributed by atoms with E-state index in [4.69, 9.17) is 17.7 Å². The van der Waals surface area contributed by atoms with Crippen LogP contribution in [0.2, 0.25) is 0 Å². The van der Waals surface area contributed by atoms with Crippen LogP contribution in [0.3, 0.4) is 0 Å². The maximum absolute atomic E-state index is 9.83. The van der Waals surface area contributed by atoms with E-state index in [1.54, 1.807) is 122 Å². The monoisotopic (exact) mass is 1880 g/mol. The van der Waals surface area contributed by atoms with Crippen molar-refractivity contribution in [1.82, 2.24) is 39.9 Å². The SMILES string of the molecule is Oc1cccc2ccc3cccnc3c12.Oc1cccc2ccc3cccnc3c12.Oc1cccc2ccc3cccnc3c12.Oc1cccc2ccc3cccnc3c12.Oc1ccccc1-c1nc2ccccc2o1.Oc1ccccc1-c1nc2ccccc2o1.Oc1ccccc1-c1nc2ccccc2o1.Oc1ccccc1-c1nc2ccccc2o1.[Zn].[Zn].[Zn].[Zn]. The third-order valence-corrected chi connectivity index (χ3v) is 20.1. The normalized spacial score (nSPS) is 10.5. The van der Waals surface area contributed by atoms with Crippen molar-refractivity contribution in [2.24, 2.45) is 0 Å². The molecule has 0 amide bonds. The number of fused-ring (bicyclic) bond motifs is 16. The summed E-state index contributed by atoms with van der Waals surface area (Å²) in [6.07, 6.45) is 6.98. The number of aromatic hydroxyl groups is 8. The molecule has 24 heteroatoms. The molecule has 0 spiro atoms. The number of hydrogen-bond donors (Lipinski definition) is 8. The summed E-state index contributed by atoms with van der Waals surface area (Å²) in [5.41, 5.74) is 11.9. The van der Waals surface area contributed by atoms with Crippen molar-refractivity contribution in [3.05, 3.63) is 389 Å². The van der Waals surface area contributed by atoms with Crippen molar-refractivity contribution in [3.8, 4) is 91.8 Å². The maximum atomic E-state index is 9.83. The number of nitrogens with zero attached hydrogens (tertiary/aromatic N) is 8. The van der Waals surface area contributed by atoms with Crippen LogP contribution in [0.25, 0.3) is 177 Å². The van der Waals surface area contributed by atoms with E-state index in [1.165, 1.54) is 0 Å². The Morgan fingerprint density at radius 2 is 0.344 bits per heavy atom. The van der Waals surface area contributed by atoms with Crippen molar-refractivity contribution in [3.63, 3.8) is 0 Å². The first-order valence-corrected chi connectivity index (χ1v) is 39.2. The van der Waals surface area contributed by atoms with Crippen LogP contribution >= 0.6 is 0 Å². The number of aromatic nitrogens is 8. The first-order chi connectivity index (χ1) is 60.8. The Morgan fingerprint density at radius 3 is 0.555 bits per heavy atom. The van der Waals surface area contributed by atoms with Gasteiger partial charge in [0, 0.05) is 146 Å². The van der Waals surface area contributed by atoms with Gasteiger partial charge < -0.3 is 58.5 Å². The molecule has 0 saturated carbocycles. The van der Waals surface area contributed by atoms with Crippen LogP contribution in [0.1, 0.15) is 0 Å². The van der Waals surface area contributed by atoms with E-state index < -0.39 is 0 Å². The van der Waals surface area contributed by atoms with Gasteiger partial charge in [-0.05, 0) is 167 Å². The van der Waals surface area contributed by atoms with Crippen LogP contribution in [-0.2, 0) is 77.9 Å². The smallest absolute Gasteiger partial charge is 0.231 e. The summed E-state index contributed by atoms with van der Waals surface area (Å²) in [5.74, 6) is 3.63. The topological polar surface area (TPSA) is 318 Å². The third kappa shape index (κ3) is 20.3. The van der Waals surface area contributed by atoms with Gasteiger partial charge in [-0.25, -0.2) is 19.9 Å². The van der Waals surface area contributed by atoms with E-state index in [0.717, 1.165) is 131 Å². The summed E-state index contributed by atoms with van der Waals surface area (Å²) in [7, 11) is 0. The second-order valence-electron chi connectivity index (χ2n) is 28.1. The molecule has 8 N–H and O–H groups in total. The number of para-hydroxylation sites is 12. The molecule has 0 fully saturated rings. The van der Waals surface area contributed by atoms with E-state index in [-0.39, 0.29) is 124 Å². The molecule has 8 heterocycles. The number of oxazole rings is 4. The first kappa shape index (κ1) is 90.7. The summed E-state index contributed by atoms with van der Waals surface area (Å²) >= 11 is 0. The molecular formula is C104H72N8O12Zn4. The molecule has 0 saturated heterocycles. The van der Waals surface area contributed by atoms with Crippen LogP contribution in [0.5, 0.6) is 46.0 Å². The quantitative estimate of drug-likeness (QED) is 0.0599. The standard InChI is InChI=1S/4C13H9NO2.4C13H9NO.4Zn/c4*15-11-7-3-1-5-9(11)13-14-10-6-2-4-8-12(10)16-13;4*15-11-5-1-3-9-6-7-10-4-2-8-14-13(10)12(9)11;;;;/h4*1-8,15H;4*1-8,15H;;;;. The molecule has 20 nitrogen and oxygen atoms in total. The number of benzene rings is 16. The molecule has 0 aliphatic heterocycles. The summed E-state index contributed by atoms with van der Waals surface area (Å²) < 4.78 is 22.3. The molecule has 0 aliphatic carbocycles. The van der Waals surface area contributed by atoms with E-state index >= 15 is 0 Å². The summed E-state index contributed by atoms with van der Waals surface area (Å²) in [6, 6.07) is 112. The molecule has 24 rings (SSSR count). The minimum atomic E-state index is 0. The molecule has 16 aromatic carbocycles. The number of hydrogen-bond acceptors (Lipinski definition) is 20. The Morgan fingerprint density at radius 1 is 0.164 bits per heavy atom. The van der Waals surface area contributed by atoms with Gasteiger partial charge in [-0.15, -0.1) is 0 Å². The van der Waals surface area contributed by atoms with Crippen molar-refractivity contribution >= 4 is 131 Å². The van der Waals surface area contributed by atoms with Gasteiger partial charge in [0.05, 0.1) is 44.3 Å². The molecule has 8 aromatic heterocycles. The van der Waals surface area contributed by atoms with Crippen molar-refractivity contribution in [2.45, 2.75) is 0 Å². The molecule has 0 aliphatic rings.